The lowest BCUT2D eigenvalue weighted by molar-refractivity contribution is -0.274. The lowest BCUT2D eigenvalue weighted by atomic mass is 10.0. The number of carbonyl (C=O) groups is 1. The molecule has 14 heteroatoms. The average Bonchev–Trinajstić information content (AvgIpc) is 3.53. The monoisotopic (exact) mass is 698 g/mol. The molecule has 0 spiro atoms. The molecule has 0 bridgehead atoms. The third kappa shape index (κ3) is 7.62. The van der Waals surface area contributed by atoms with E-state index in [-0.39, 0.29) is 12.3 Å². The summed E-state index contributed by atoms with van der Waals surface area (Å²) in [6.45, 7) is 0.0839. The number of anilines is 1. The second kappa shape index (κ2) is 12.8. The molecule has 1 fully saturated rings. The van der Waals surface area contributed by atoms with Gasteiger partial charge < -0.3 is 9.30 Å². The number of benzene rings is 4. The van der Waals surface area contributed by atoms with Gasteiger partial charge in [0.1, 0.15) is 18.1 Å². The summed E-state index contributed by atoms with van der Waals surface area (Å²) in [6.07, 6.45) is 0.736. The maximum Gasteiger partial charge on any atom is 0.573 e. The van der Waals surface area contributed by atoms with Crippen LogP contribution in [-0.2, 0) is 21.5 Å². The van der Waals surface area contributed by atoms with Crippen LogP contribution in [0.5, 0.6) is 5.75 Å². The molecule has 4 aromatic carbocycles. The second-order valence-corrected chi connectivity index (χ2v) is 12.9. The number of aromatic nitrogens is 2. The fourth-order valence-electron chi connectivity index (χ4n) is 4.99. The van der Waals surface area contributed by atoms with Crippen molar-refractivity contribution in [3.05, 3.63) is 124 Å². The van der Waals surface area contributed by atoms with Gasteiger partial charge in [0.2, 0.25) is 0 Å². The normalized spacial score (nSPS) is 14.5. The molecule has 1 saturated heterocycles. The fourth-order valence-corrected chi connectivity index (χ4v) is 6.64. The summed E-state index contributed by atoms with van der Waals surface area (Å²) >= 11 is 12.6. The van der Waals surface area contributed by atoms with Gasteiger partial charge in [0.05, 0.1) is 16.4 Å². The molecule has 5 aromatic rings. The van der Waals surface area contributed by atoms with E-state index in [2.05, 4.69) is 4.74 Å². The standard InChI is InChI=1S/C33H23Cl2F3N4O4S/c34-25-11-14-28(29(35)17-25)30-19-41(18-22-6-12-26(13-7-22)42-20-32(43)40-47(42,44)45)31(39-30)15-8-21-4-9-23(10-5-21)24-2-1-3-27(16-24)46-33(36,37)38/h1-17,19H,18,20H2,(H,40,43)/b15-8+. The van der Waals surface area contributed by atoms with E-state index in [1.165, 1.54) is 18.2 Å². The Morgan fingerprint density at radius 3 is 2.32 bits per heavy atom. The summed E-state index contributed by atoms with van der Waals surface area (Å²) in [5.74, 6) is -0.310. The van der Waals surface area contributed by atoms with Crippen LogP contribution in [0.25, 0.3) is 34.5 Å². The van der Waals surface area contributed by atoms with Crippen molar-refractivity contribution < 1.29 is 31.1 Å². The van der Waals surface area contributed by atoms with Crippen molar-refractivity contribution in [2.45, 2.75) is 12.9 Å². The van der Waals surface area contributed by atoms with Gasteiger partial charge in [0.15, 0.2) is 0 Å². The number of hydrogen-bond donors (Lipinski definition) is 1. The number of ether oxygens (including phenoxy) is 1. The third-order valence-corrected chi connectivity index (χ3v) is 9.10. The van der Waals surface area contributed by atoms with Crippen molar-refractivity contribution >= 4 is 57.2 Å². The molecule has 1 aromatic heterocycles. The summed E-state index contributed by atoms with van der Waals surface area (Å²) in [5.41, 5.74) is 4.57. The topological polar surface area (TPSA) is 93.5 Å². The first kappa shape index (κ1) is 32.2. The SMILES string of the molecule is O=C1CN(c2ccc(Cn3cc(-c4ccc(Cl)cc4Cl)nc3/C=C/c3ccc(-c4cccc(OC(F)(F)F)c4)cc3)cc2)S(=O)(=O)N1. The van der Waals surface area contributed by atoms with Crippen molar-refractivity contribution in [3.8, 4) is 28.1 Å². The molecule has 0 radical (unpaired) electrons. The Labute approximate surface area is 277 Å². The summed E-state index contributed by atoms with van der Waals surface area (Å²) in [4.78, 5) is 16.4. The lowest BCUT2D eigenvalue weighted by Gasteiger charge is -2.15. The van der Waals surface area contributed by atoms with Gasteiger partial charge in [-0.05, 0) is 70.8 Å². The van der Waals surface area contributed by atoms with Crippen LogP contribution in [0, 0.1) is 0 Å². The molecule has 1 aliphatic rings. The van der Waals surface area contributed by atoms with Crippen molar-refractivity contribution in [3.63, 3.8) is 0 Å². The number of alkyl halides is 3. The first-order chi connectivity index (χ1) is 22.3. The molecule has 0 saturated carbocycles. The van der Waals surface area contributed by atoms with E-state index in [9.17, 15) is 26.4 Å². The van der Waals surface area contributed by atoms with E-state index >= 15 is 0 Å². The second-order valence-electron chi connectivity index (χ2n) is 10.5. The van der Waals surface area contributed by atoms with E-state index < -0.39 is 22.5 Å². The number of nitrogens with zero attached hydrogens (tertiary/aromatic N) is 3. The van der Waals surface area contributed by atoms with Gasteiger partial charge in [-0.25, -0.2) is 14.0 Å². The van der Waals surface area contributed by atoms with Crippen LogP contribution in [-0.4, -0.2) is 36.8 Å². The zero-order valence-corrected chi connectivity index (χ0v) is 26.4. The first-order valence-electron chi connectivity index (χ1n) is 13.9. The van der Waals surface area contributed by atoms with Crippen molar-refractivity contribution in [1.82, 2.24) is 14.3 Å². The number of nitrogens with one attached hydrogen (secondary N) is 1. The zero-order valence-electron chi connectivity index (χ0n) is 24.1. The van der Waals surface area contributed by atoms with Crippen LogP contribution in [0.3, 0.4) is 0 Å². The fraction of sp³-hybridized carbons (Fsp3) is 0.0909. The van der Waals surface area contributed by atoms with Crippen LogP contribution >= 0.6 is 23.2 Å². The predicted molar refractivity (Wildman–Crippen MR) is 175 cm³/mol. The van der Waals surface area contributed by atoms with Crippen LogP contribution < -0.4 is 13.8 Å². The number of amides is 1. The van der Waals surface area contributed by atoms with Crippen molar-refractivity contribution in [2.75, 3.05) is 10.8 Å². The van der Waals surface area contributed by atoms with Crippen LogP contribution in [0.15, 0.2) is 97.2 Å². The highest BCUT2D eigenvalue weighted by atomic mass is 35.5. The number of hydrogen-bond acceptors (Lipinski definition) is 5. The Balaban J connectivity index is 1.26. The Kier molecular flexibility index (Phi) is 8.75. The molecule has 6 rings (SSSR count). The van der Waals surface area contributed by atoms with Crippen LogP contribution in [0.2, 0.25) is 10.0 Å². The van der Waals surface area contributed by atoms with Gasteiger partial charge in [-0.2, -0.15) is 8.42 Å². The van der Waals surface area contributed by atoms with E-state index in [4.69, 9.17) is 28.2 Å². The minimum Gasteiger partial charge on any atom is -0.406 e. The minimum absolute atomic E-state index is 0.288. The van der Waals surface area contributed by atoms with E-state index in [0.717, 1.165) is 15.4 Å². The molecular weight excluding hydrogens is 676 g/mol. The minimum atomic E-state index is -4.78. The maximum absolute atomic E-state index is 12.7. The highest BCUT2D eigenvalue weighted by molar-refractivity contribution is 7.92. The Bertz CT molecular complexity index is 2100. The summed E-state index contributed by atoms with van der Waals surface area (Å²) in [6, 6.07) is 24.9. The largest absolute Gasteiger partial charge is 0.573 e. The number of carbonyl (C=O) groups excluding carboxylic acids is 1. The highest BCUT2D eigenvalue weighted by Crippen LogP contribution is 2.32. The highest BCUT2D eigenvalue weighted by Gasteiger charge is 2.34. The number of halogens is 5. The van der Waals surface area contributed by atoms with Gasteiger partial charge in [-0.1, -0.05) is 77.8 Å². The van der Waals surface area contributed by atoms with E-state index in [0.29, 0.717) is 50.5 Å². The molecule has 0 atom stereocenters. The van der Waals surface area contributed by atoms with E-state index in [1.54, 1.807) is 60.7 Å². The number of rotatable bonds is 8. The average molecular weight is 700 g/mol. The summed E-state index contributed by atoms with van der Waals surface area (Å²) in [7, 11) is -3.92. The molecule has 240 valence electrons. The Hall–Kier alpha value is -4.78. The van der Waals surface area contributed by atoms with Crippen LogP contribution in [0.1, 0.15) is 17.0 Å². The van der Waals surface area contributed by atoms with Gasteiger partial charge in [-0.3, -0.25) is 4.79 Å². The summed E-state index contributed by atoms with van der Waals surface area (Å²) in [5, 5.41) is 0.913. The van der Waals surface area contributed by atoms with Gasteiger partial charge in [0, 0.05) is 23.3 Å². The van der Waals surface area contributed by atoms with Crippen molar-refractivity contribution in [2.24, 2.45) is 0 Å². The van der Waals surface area contributed by atoms with Gasteiger partial charge >= 0.3 is 16.6 Å². The molecule has 8 nitrogen and oxygen atoms in total. The molecular formula is C33H23Cl2F3N4O4S. The smallest absolute Gasteiger partial charge is 0.406 e. The Morgan fingerprint density at radius 1 is 0.915 bits per heavy atom. The number of imidazole rings is 1. The molecule has 0 unspecified atom stereocenters. The molecule has 1 aliphatic heterocycles. The van der Waals surface area contributed by atoms with E-state index in [1.807, 2.05) is 39.8 Å². The Morgan fingerprint density at radius 2 is 1.66 bits per heavy atom. The third-order valence-electron chi connectivity index (χ3n) is 7.15. The molecule has 1 amide bonds. The molecule has 1 N–H and O–H groups in total. The van der Waals surface area contributed by atoms with Gasteiger partial charge in [0.25, 0.3) is 5.91 Å². The van der Waals surface area contributed by atoms with Crippen LogP contribution in [0.4, 0.5) is 18.9 Å². The quantitative estimate of drug-likeness (QED) is 0.178. The lowest BCUT2D eigenvalue weighted by Crippen LogP contribution is -2.29. The first-order valence-corrected chi connectivity index (χ1v) is 16.1. The maximum atomic E-state index is 12.7. The van der Waals surface area contributed by atoms with Crippen molar-refractivity contribution in [1.29, 1.82) is 0 Å². The molecule has 2 heterocycles. The summed E-state index contributed by atoms with van der Waals surface area (Å²) < 4.78 is 71.4. The predicted octanol–water partition coefficient (Wildman–Crippen LogP) is 7.82. The molecule has 47 heavy (non-hydrogen) atoms. The molecule has 0 aliphatic carbocycles. The van der Waals surface area contributed by atoms with Gasteiger partial charge in [-0.15, -0.1) is 13.2 Å². The zero-order chi connectivity index (χ0) is 33.3.